The molecule has 0 aliphatic carbocycles. The number of carbonyl (C=O) groups excluding carboxylic acids is 2. The van der Waals surface area contributed by atoms with Crippen molar-refractivity contribution in [2.45, 2.75) is 19.6 Å². The van der Waals surface area contributed by atoms with E-state index in [1.54, 1.807) is 24.3 Å². The van der Waals surface area contributed by atoms with Crippen molar-refractivity contribution in [3.8, 4) is 0 Å². The summed E-state index contributed by atoms with van der Waals surface area (Å²) in [7, 11) is 0. The van der Waals surface area contributed by atoms with Crippen molar-refractivity contribution in [2.24, 2.45) is 0 Å². The van der Waals surface area contributed by atoms with Crippen molar-refractivity contribution in [1.29, 1.82) is 0 Å². The molecule has 8 heteroatoms. The summed E-state index contributed by atoms with van der Waals surface area (Å²) < 4.78 is 40.4. The van der Waals surface area contributed by atoms with Crippen LogP contribution in [0.5, 0.6) is 0 Å². The van der Waals surface area contributed by atoms with Gasteiger partial charge < -0.3 is 10.6 Å². The van der Waals surface area contributed by atoms with E-state index >= 15 is 0 Å². The number of anilines is 2. The maximum atomic E-state index is 12.8. The summed E-state index contributed by atoms with van der Waals surface area (Å²) in [6, 6.07) is 19.8. The summed E-state index contributed by atoms with van der Waals surface area (Å²) in [5.41, 5.74) is 2.11. The monoisotopic (exact) mass is 464 g/mol. The lowest BCUT2D eigenvalue weighted by molar-refractivity contribution is -0.657. The lowest BCUT2D eigenvalue weighted by Crippen LogP contribution is -2.38. The fourth-order valence-corrected chi connectivity index (χ4v) is 3.62. The SMILES string of the molecule is Cc1cc[n+](CC(=O)c2ccc(NC(=O)Nc3cccc(C(F)(F)F)c3)cc2)c2ccccc12. The number of rotatable bonds is 5. The van der Waals surface area contributed by atoms with E-state index in [-0.39, 0.29) is 18.0 Å². The van der Waals surface area contributed by atoms with Gasteiger partial charge in [-0.1, -0.05) is 18.2 Å². The highest BCUT2D eigenvalue weighted by Gasteiger charge is 2.30. The van der Waals surface area contributed by atoms with Gasteiger partial charge in [0.25, 0.3) is 0 Å². The van der Waals surface area contributed by atoms with Crippen molar-refractivity contribution < 1.29 is 27.3 Å². The molecule has 0 radical (unpaired) electrons. The smallest absolute Gasteiger partial charge is 0.308 e. The Morgan fingerprint density at radius 1 is 0.853 bits per heavy atom. The van der Waals surface area contributed by atoms with E-state index in [9.17, 15) is 22.8 Å². The predicted octanol–water partition coefficient (Wildman–Crippen LogP) is 5.98. The average Bonchev–Trinajstić information content (AvgIpc) is 2.81. The van der Waals surface area contributed by atoms with Crippen LogP contribution in [0.25, 0.3) is 10.9 Å². The van der Waals surface area contributed by atoms with Crippen LogP contribution in [-0.4, -0.2) is 11.8 Å². The first-order valence-corrected chi connectivity index (χ1v) is 10.5. The molecule has 0 bridgehead atoms. The lowest BCUT2D eigenvalue weighted by Gasteiger charge is -2.11. The zero-order valence-electron chi connectivity index (χ0n) is 18.2. The van der Waals surface area contributed by atoms with Gasteiger partial charge in [-0.3, -0.25) is 4.79 Å². The summed E-state index contributed by atoms with van der Waals surface area (Å²) in [5.74, 6) is -0.0982. The second kappa shape index (κ2) is 9.35. The second-order valence-corrected chi connectivity index (χ2v) is 7.80. The third-order valence-corrected chi connectivity index (χ3v) is 5.37. The quantitative estimate of drug-likeness (QED) is 0.282. The summed E-state index contributed by atoms with van der Waals surface area (Å²) in [5, 5.41) is 5.99. The number of Topliss-reactive ketones (excluding diaryl/α,β-unsaturated/α-hetero) is 1. The first kappa shape index (κ1) is 23.0. The van der Waals surface area contributed by atoms with E-state index in [2.05, 4.69) is 10.6 Å². The van der Waals surface area contributed by atoms with Crippen LogP contribution in [0.2, 0.25) is 0 Å². The van der Waals surface area contributed by atoms with Crippen molar-refractivity contribution in [2.75, 3.05) is 10.6 Å². The summed E-state index contributed by atoms with van der Waals surface area (Å²) in [6.07, 6.45) is -2.62. The van der Waals surface area contributed by atoms with Gasteiger partial charge in [-0.25, -0.2) is 4.79 Å². The first-order valence-electron chi connectivity index (χ1n) is 10.5. The molecule has 0 fully saturated rings. The Hall–Kier alpha value is -4.20. The number of para-hydroxylation sites is 1. The molecule has 0 unspecified atom stereocenters. The number of pyridine rings is 1. The molecule has 34 heavy (non-hydrogen) atoms. The average molecular weight is 464 g/mol. The highest BCUT2D eigenvalue weighted by Crippen LogP contribution is 2.30. The highest BCUT2D eigenvalue weighted by molar-refractivity contribution is 6.00. The second-order valence-electron chi connectivity index (χ2n) is 7.80. The van der Waals surface area contributed by atoms with Gasteiger partial charge in [-0.15, -0.1) is 0 Å². The highest BCUT2D eigenvalue weighted by atomic mass is 19.4. The summed E-state index contributed by atoms with van der Waals surface area (Å²) in [6.45, 7) is 2.17. The minimum absolute atomic E-state index is 0.0153. The Morgan fingerprint density at radius 2 is 1.56 bits per heavy atom. The molecule has 0 aliphatic heterocycles. The van der Waals surface area contributed by atoms with Gasteiger partial charge in [-0.2, -0.15) is 17.7 Å². The van der Waals surface area contributed by atoms with Crippen molar-refractivity contribution in [1.82, 2.24) is 0 Å². The van der Waals surface area contributed by atoms with Gasteiger partial charge in [0, 0.05) is 34.5 Å². The summed E-state index contributed by atoms with van der Waals surface area (Å²) in [4.78, 5) is 25.0. The van der Waals surface area contributed by atoms with Gasteiger partial charge in [0.1, 0.15) is 0 Å². The van der Waals surface area contributed by atoms with E-state index in [0.29, 0.717) is 11.3 Å². The third-order valence-electron chi connectivity index (χ3n) is 5.37. The van der Waals surface area contributed by atoms with Crippen molar-refractivity contribution >= 4 is 34.1 Å². The number of alkyl halides is 3. The van der Waals surface area contributed by atoms with Crippen molar-refractivity contribution in [3.05, 3.63) is 102 Å². The van der Waals surface area contributed by atoms with E-state index in [1.807, 2.05) is 48.0 Å². The number of fused-ring (bicyclic) bond motifs is 1. The molecule has 0 atom stereocenters. The predicted molar refractivity (Wildman–Crippen MR) is 124 cm³/mol. The van der Waals surface area contributed by atoms with Crippen LogP contribution < -0.4 is 15.2 Å². The molecule has 3 aromatic carbocycles. The number of halogens is 3. The molecule has 0 aliphatic rings. The van der Waals surface area contributed by atoms with Gasteiger partial charge in [0.05, 0.1) is 5.56 Å². The molecule has 0 saturated carbocycles. The molecule has 5 nitrogen and oxygen atoms in total. The Labute approximate surface area is 193 Å². The molecule has 1 aromatic heterocycles. The van der Waals surface area contributed by atoms with Crippen LogP contribution in [0.3, 0.4) is 0 Å². The Kier molecular flexibility index (Phi) is 6.32. The van der Waals surface area contributed by atoms with E-state index in [4.69, 9.17) is 0 Å². The molecule has 4 rings (SSSR count). The number of aromatic nitrogens is 1. The number of hydrogen-bond acceptors (Lipinski definition) is 2. The van der Waals surface area contributed by atoms with E-state index in [1.165, 1.54) is 12.1 Å². The maximum absolute atomic E-state index is 12.8. The van der Waals surface area contributed by atoms with E-state index < -0.39 is 17.8 Å². The molecule has 2 amide bonds. The summed E-state index contributed by atoms with van der Waals surface area (Å²) >= 11 is 0. The number of carbonyl (C=O) groups is 2. The Balaban J connectivity index is 1.41. The molecule has 4 aromatic rings. The minimum Gasteiger partial charge on any atom is -0.308 e. The minimum atomic E-state index is -4.50. The van der Waals surface area contributed by atoms with Gasteiger partial charge >= 0.3 is 12.2 Å². The maximum Gasteiger partial charge on any atom is 0.416 e. The van der Waals surface area contributed by atoms with Crippen LogP contribution >= 0.6 is 0 Å². The van der Waals surface area contributed by atoms with Gasteiger partial charge in [0.15, 0.2) is 6.20 Å². The lowest BCUT2D eigenvalue weighted by atomic mass is 10.1. The number of amides is 2. The van der Waals surface area contributed by atoms with Crippen LogP contribution in [0, 0.1) is 6.92 Å². The molecule has 1 heterocycles. The molecule has 0 saturated heterocycles. The number of hydrogen-bond donors (Lipinski definition) is 2. The first-order chi connectivity index (χ1) is 16.2. The zero-order valence-corrected chi connectivity index (χ0v) is 18.2. The van der Waals surface area contributed by atoms with Crippen LogP contribution in [-0.2, 0) is 12.7 Å². The molecular formula is C26H21F3N3O2+. The van der Waals surface area contributed by atoms with Crippen LogP contribution in [0.1, 0.15) is 21.5 Å². The van der Waals surface area contributed by atoms with Crippen LogP contribution in [0.15, 0.2) is 85.1 Å². The third kappa shape index (κ3) is 5.23. The fraction of sp³-hybridized carbons (Fsp3) is 0.115. The number of urea groups is 1. The molecular weight excluding hydrogens is 443 g/mol. The molecule has 172 valence electrons. The van der Waals surface area contributed by atoms with Crippen molar-refractivity contribution in [3.63, 3.8) is 0 Å². The Bertz CT molecular complexity index is 1370. The van der Waals surface area contributed by atoms with E-state index in [0.717, 1.165) is 28.6 Å². The largest absolute Gasteiger partial charge is 0.416 e. The number of ketones is 1. The van der Waals surface area contributed by atoms with Crippen LogP contribution in [0.4, 0.5) is 29.3 Å². The topological polar surface area (TPSA) is 62.1 Å². The fourth-order valence-electron chi connectivity index (χ4n) is 3.62. The standard InChI is InChI=1S/C26H20F3N3O2/c1-17-13-14-32(23-8-3-2-7-22(17)23)16-24(33)18-9-11-20(12-10-18)30-25(34)31-21-6-4-5-19(15-21)26(27,28)29/h2-15H,16H2,1H3,(H-,30,31,33,34)/p+1. The zero-order chi connectivity index (χ0) is 24.3. The number of aryl methyl sites for hydroxylation is 1. The number of benzene rings is 3. The van der Waals surface area contributed by atoms with Gasteiger partial charge in [-0.05, 0) is 61.0 Å². The number of nitrogens with zero attached hydrogens (tertiary/aromatic N) is 1. The Morgan fingerprint density at radius 3 is 2.29 bits per heavy atom. The number of nitrogens with one attached hydrogen (secondary N) is 2. The molecule has 2 N–H and O–H groups in total. The molecule has 0 spiro atoms. The normalized spacial score (nSPS) is 11.3. The van der Waals surface area contributed by atoms with Gasteiger partial charge in [0.2, 0.25) is 17.8 Å².